The van der Waals surface area contributed by atoms with Crippen LogP contribution in [0.2, 0.25) is 0 Å². The number of carbonyl (C=O) groups excluding carboxylic acids is 2. The summed E-state index contributed by atoms with van der Waals surface area (Å²) < 4.78 is 24.3. The van der Waals surface area contributed by atoms with Crippen LogP contribution in [0.1, 0.15) is 29.3 Å². The first-order valence-corrected chi connectivity index (χ1v) is 8.04. The van der Waals surface area contributed by atoms with Crippen molar-refractivity contribution in [2.75, 3.05) is 6.26 Å². The minimum atomic E-state index is -3.24. The summed E-state index contributed by atoms with van der Waals surface area (Å²) in [6.07, 6.45) is 2.31. The van der Waals surface area contributed by atoms with E-state index in [1.807, 2.05) is 0 Å². The van der Waals surface area contributed by atoms with Gasteiger partial charge in [0.05, 0.1) is 12.3 Å². The molecular formula is C13H18N2O4S. The topological polar surface area (TPSA) is 92.3 Å². The summed E-state index contributed by atoms with van der Waals surface area (Å²) in [5.74, 6) is -0.327. The Balaban J connectivity index is 2.66. The standard InChI is InChI=1S/C13H18N2O4S/c1-3-12(9-16)15-13(17)11-6-4-10(5-7-11)8-14-20(2,18)19/h4-7,9,12,14H,3,8H2,1-2H3,(H,15,17)/t12-/m0/s1. The summed E-state index contributed by atoms with van der Waals surface area (Å²) >= 11 is 0. The third-order valence-electron chi connectivity index (χ3n) is 2.68. The number of aldehydes is 1. The predicted octanol–water partition coefficient (Wildman–Crippen LogP) is 0.443. The smallest absolute Gasteiger partial charge is 0.251 e. The first kappa shape index (κ1) is 16.3. The Morgan fingerprint density at radius 1 is 1.30 bits per heavy atom. The quantitative estimate of drug-likeness (QED) is 0.715. The van der Waals surface area contributed by atoms with Crippen LogP contribution in [0.3, 0.4) is 0 Å². The number of hydrogen-bond donors (Lipinski definition) is 2. The average molecular weight is 298 g/mol. The van der Waals surface area contributed by atoms with Crippen molar-refractivity contribution in [3.8, 4) is 0 Å². The highest BCUT2D eigenvalue weighted by molar-refractivity contribution is 7.88. The SMILES string of the molecule is CC[C@@H](C=O)NC(=O)c1ccc(CNS(C)(=O)=O)cc1. The van der Waals surface area contributed by atoms with Gasteiger partial charge in [-0.15, -0.1) is 0 Å². The molecule has 0 bridgehead atoms. The molecule has 1 amide bonds. The van der Waals surface area contributed by atoms with Gasteiger partial charge in [-0.3, -0.25) is 4.79 Å². The summed E-state index contributed by atoms with van der Waals surface area (Å²) in [7, 11) is -3.24. The van der Waals surface area contributed by atoms with Gasteiger partial charge < -0.3 is 10.1 Å². The Morgan fingerprint density at radius 3 is 2.35 bits per heavy atom. The van der Waals surface area contributed by atoms with Gasteiger partial charge in [0.25, 0.3) is 5.91 Å². The molecule has 0 aromatic heterocycles. The Bertz CT molecular complexity index is 567. The van der Waals surface area contributed by atoms with E-state index in [1.54, 1.807) is 31.2 Å². The molecule has 0 aliphatic rings. The van der Waals surface area contributed by atoms with Crippen LogP contribution < -0.4 is 10.0 Å². The van der Waals surface area contributed by atoms with Crippen molar-refractivity contribution < 1.29 is 18.0 Å². The number of benzene rings is 1. The van der Waals surface area contributed by atoms with Crippen LogP contribution in [-0.4, -0.2) is 32.9 Å². The number of sulfonamides is 1. The van der Waals surface area contributed by atoms with Crippen molar-refractivity contribution in [2.45, 2.75) is 25.9 Å². The van der Waals surface area contributed by atoms with Gasteiger partial charge in [-0.25, -0.2) is 13.1 Å². The molecule has 0 fully saturated rings. The van der Waals surface area contributed by atoms with Crippen LogP contribution in [0.15, 0.2) is 24.3 Å². The molecule has 6 nitrogen and oxygen atoms in total. The first-order chi connectivity index (χ1) is 9.35. The average Bonchev–Trinajstić information content (AvgIpc) is 2.42. The minimum absolute atomic E-state index is 0.173. The lowest BCUT2D eigenvalue weighted by molar-refractivity contribution is -0.109. The van der Waals surface area contributed by atoms with Gasteiger partial charge >= 0.3 is 0 Å². The Morgan fingerprint density at radius 2 is 1.90 bits per heavy atom. The zero-order valence-corrected chi connectivity index (χ0v) is 12.2. The molecule has 0 unspecified atom stereocenters. The number of amides is 1. The van der Waals surface area contributed by atoms with E-state index < -0.39 is 16.1 Å². The number of carbonyl (C=O) groups is 2. The fourth-order valence-corrected chi connectivity index (χ4v) is 1.90. The summed E-state index contributed by atoms with van der Waals surface area (Å²) in [6.45, 7) is 1.98. The summed E-state index contributed by atoms with van der Waals surface area (Å²) in [6, 6.07) is 6.01. The number of hydrogen-bond acceptors (Lipinski definition) is 4. The Kier molecular flexibility index (Phi) is 5.84. The van der Waals surface area contributed by atoms with Gasteiger partial charge in [0.2, 0.25) is 10.0 Å². The lowest BCUT2D eigenvalue weighted by atomic mass is 10.1. The van der Waals surface area contributed by atoms with Gasteiger partial charge in [0.15, 0.2) is 0 Å². The number of nitrogens with one attached hydrogen (secondary N) is 2. The third-order valence-corrected chi connectivity index (χ3v) is 3.34. The summed E-state index contributed by atoms with van der Waals surface area (Å²) in [5, 5.41) is 2.59. The van der Waals surface area contributed by atoms with Crippen molar-refractivity contribution in [1.29, 1.82) is 0 Å². The van der Waals surface area contributed by atoms with Crippen molar-refractivity contribution >= 4 is 22.2 Å². The van der Waals surface area contributed by atoms with Crippen molar-refractivity contribution in [2.24, 2.45) is 0 Å². The molecular weight excluding hydrogens is 280 g/mol. The number of rotatable bonds is 7. The zero-order chi connectivity index (χ0) is 15.2. The van der Waals surface area contributed by atoms with Crippen LogP contribution in [0, 0.1) is 0 Å². The summed E-state index contributed by atoms with van der Waals surface area (Å²) in [4.78, 5) is 22.5. The second-order valence-electron chi connectivity index (χ2n) is 4.41. The van der Waals surface area contributed by atoms with Crippen LogP contribution >= 0.6 is 0 Å². The lowest BCUT2D eigenvalue weighted by Gasteiger charge is -2.10. The fourth-order valence-electron chi connectivity index (χ4n) is 1.47. The predicted molar refractivity (Wildman–Crippen MR) is 75.7 cm³/mol. The Hall–Kier alpha value is -1.73. The van der Waals surface area contributed by atoms with E-state index >= 15 is 0 Å². The maximum atomic E-state index is 11.8. The molecule has 0 aliphatic carbocycles. The van der Waals surface area contributed by atoms with Gasteiger partial charge in [-0.2, -0.15) is 0 Å². The highest BCUT2D eigenvalue weighted by atomic mass is 32.2. The van der Waals surface area contributed by atoms with E-state index in [0.717, 1.165) is 11.8 Å². The molecule has 2 N–H and O–H groups in total. The minimum Gasteiger partial charge on any atom is -0.343 e. The molecule has 1 rings (SSSR count). The molecule has 0 radical (unpaired) electrons. The highest BCUT2D eigenvalue weighted by Crippen LogP contribution is 2.05. The van der Waals surface area contributed by atoms with Crippen LogP contribution in [0.25, 0.3) is 0 Å². The van der Waals surface area contributed by atoms with Crippen LogP contribution in [0.4, 0.5) is 0 Å². The van der Waals surface area contributed by atoms with Gasteiger partial charge in [0.1, 0.15) is 6.29 Å². The van der Waals surface area contributed by atoms with E-state index in [9.17, 15) is 18.0 Å². The second-order valence-corrected chi connectivity index (χ2v) is 6.25. The molecule has 0 saturated heterocycles. The maximum Gasteiger partial charge on any atom is 0.251 e. The van der Waals surface area contributed by atoms with E-state index in [2.05, 4.69) is 10.0 Å². The van der Waals surface area contributed by atoms with Gasteiger partial charge in [-0.05, 0) is 24.1 Å². The largest absolute Gasteiger partial charge is 0.343 e. The van der Waals surface area contributed by atoms with E-state index in [0.29, 0.717) is 18.3 Å². The van der Waals surface area contributed by atoms with Crippen molar-refractivity contribution in [1.82, 2.24) is 10.0 Å². The molecule has 0 heterocycles. The second kappa shape index (κ2) is 7.16. The van der Waals surface area contributed by atoms with Crippen LogP contribution in [-0.2, 0) is 21.4 Å². The molecule has 0 aliphatic heterocycles. The molecule has 1 atom stereocenters. The van der Waals surface area contributed by atoms with E-state index in [1.165, 1.54) is 0 Å². The zero-order valence-electron chi connectivity index (χ0n) is 11.4. The van der Waals surface area contributed by atoms with Gasteiger partial charge in [0, 0.05) is 12.1 Å². The molecule has 110 valence electrons. The maximum absolute atomic E-state index is 11.8. The van der Waals surface area contributed by atoms with Gasteiger partial charge in [-0.1, -0.05) is 19.1 Å². The third kappa shape index (κ3) is 5.50. The molecule has 20 heavy (non-hydrogen) atoms. The Labute approximate surface area is 118 Å². The highest BCUT2D eigenvalue weighted by Gasteiger charge is 2.11. The monoisotopic (exact) mass is 298 g/mol. The fraction of sp³-hybridized carbons (Fsp3) is 0.385. The molecule has 7 heteroatoms. The summed E-state index contributed by atoms with van der Waals surface area (Å²) in [5.41, 5.74) is 1.17. The van der Waals surface area contributed by atoms with E-state index in [-0.39, 0.29) is 12.5 Å². The molecule has 1 aromatic rings. The normalized spacial score (nSPS) is 12.7. The van der Waals surface area contributed by atoms with Crippen molar-refractivity contribution in [3.63, 3.8) is 0 Å². The lowest BCUT2D eigenvalue weighted by Crippen LogP contribution is -2.35. The van der Waals surface area contributed by atoms with Crippen LogP contribution in [0.5, 0.6) is 0 Å². The van der Waals surface area contributed by atoms with E-state index in [4.69, 9.17) is 0 Å². The first-order valence-electron chi connectivity index (χ1n) is 6.15. The molecule has 0 saturated carbocycles. The molecule has 1 aromatic carbocycles. The molecule has 0 spiro atoms. The van der Waals surface area contributed by atoms with Crippen molar-refractivity contribution in [3.05, 3.63) is 35.4 Å².